The first-order chi connectivity index (χ1) is 12.7. The van der Waals surface area contributed by atoms with E-state index >= 15 is 0 Å². The van der Waals surface area contributed by atoms with Crippen LogP contribution in [0.25, 0.3) is 0 Å². The second kappa shape index (κ2) is 9.34. The summed E-state index contributed by atoms with van der Waals surface area (Å²) in [5, 5.41) is 6.21. The Bertz CT molecular complexity index is 880. The first-order valence-corrected chi connectivity index (χ1v) is 11.0. The monoisotopic (exact) mass is 413 g/mol. The lowest BCUT2D eigenvalue weighted by atomic mass is 10.4. The first kappa shape index (κ1) is 21.4. The lowest BCUT2D eigenvalue weighted by Crippen LogP contribution is -2.41. The molecule has 27 heavy (non-hydrogen) atoms. The van der Waals surface area contributed by atoms with Gasteiger partial charge in [-0.2, -0.15) is 0 Å². The van der Waals surface area contributed by atoms with Crippen LogP contribution in [0.3, 0.4) is 0 Å². The number of nitrogens with one attached hydrogen (secondary N) is 3. The van der Waals surface area contributed by atoms with Crippen LogP contribution in [0.4, 0.5) is 0 Å². The fourth-order valence-corrected chi connectivity index (χ4v) is 5.00. The summed E-state index contributed by atoms with van der Waals surface area (Å²) in [7, 11) is -3.50. The van der Waals surface area contributed by atoms with Crippen LogP contribution in [0.2, 0.25) is 0 Å². The molecule has 0 radical (unpaired) electrons. The van der Waals surface area contributed by atoms with Crippen molar-refractivity contribution in [1.29, 1.82) is 0 Å². The number of thiophene rings is 1. The molecule has 0 bridgehead atoms. The van der Waals surface area contributed by atoms with E-state index in [4.69, 9.17) is 4.42 Å². The van der Waals surface area contributed by atoms with Gasteiger partial charge >= 0.3 is 0 Å². The average Bonchev–Trinajstić information content (AvgIpc) is 3.10. The fourth-order valence-electron chi connectivity index (χ4n) is 2.41. The van der Waals surface area contributed by atoms with Crippen LogP contribution < -0.4 is 15.4 Å². The highest BCUT2D eigenvalue weighted by Crippen LogP contribution is 2.24. The number of sulfonamides is 1. The van der Waals surface area contributed by atoms with Crippen molar-refractivity contribution in [3.8, 4) is 0 Å². The zero-order valence-electron chi connectivity index (χ0n) is 16.3. The van der Waals surface area contributed by atoms with Gasteiger partial charge in [-0.3, -0.25) is 0 Å². The molecule has 0 saturated carbocycles. The summed E-state index contributed by atoms with van der Waals surface area (Å²) in [5.41, 5.74) is 0.853. The number of hydrogen-bond acceptors (Lipinski definition) is 6. The van der Waals surface area contributed by atoms with Crippen molar-refractivity contribution < 1.29 is 12.8 Å². The molecule has 0 unspecified atom stereocenters. The van der Waals surface area contributed by atoms with Crippen LogP contribution in [0.5, 0.6) is 0 Å². The summed E-state index contributed by atoms with van der Waals surface area (Å²) in [6.07, 6.45) is 0. The largest absolute Gasteiger partial charge is 0.444 e. The minimum atomic E-state index is -3.50. The highest BCUT2D eigenvalue weighted by Gasteiger charge is 2.18. The topological polar surface area (TPSA) is 109 Å². The third-order valence-electron chi connectivity index (χ3n) is 3.78. The van der Waals surface area contributed by atoms with Gasteiger partial charge in [0.25, 0.3) is 0 Å². The molecule has 3 N–H and O–H groups in total. The van der Waals surface area contributed by atoms with Crippen molar-refractivity contribution in [3.05, 3.63) is 33.2 Å². The summed E-state index contributed by atoms with van der Waals surface area (Å²) in [4.78, 5) is 10.8. The normalized spacial score (nSPS) is 12.4. The third kappa shape index (κ3) is 6.05. The van der Waals surface area contributed by atoms with Crippen LogP contribution >= 0.6 is 11.3 Å². The van der Waals surface area contributed by atoms with Crippen molar-refractivity contribution >= 4 is 27.3 Å². The molecule has 0 aromatic carbocycles. The fraction of sp³-hybridized carbons (Fsp3) is 0.529. The lowest BCUT2D eigenvalue weighted by Gasteiger charge is -2.11. The van der Waals surface area contributed by atoms with Gasteiger partial charge in [-0.25, -0.2) is 23.1 Å². The molecule has 2 heterocycles. The van der Waals surface area contributed by atoms with Crippen LogP contribution in [0, 0.1) is 27.7 Å². The summed E-state index contributed by atoms with van der Waals surface area (Å²) in [5.74, 6) is 1.91. The Balaban J connectivity index is 1.88. The molecule has 8 nitrogen and oxygen atoms in total. The Kier molecular flexibility index (Phi) is 7.40. The van der Waals surface area contributed by atoms with E-state index in [1.54, 1.807) is 6.07 Å². The molecule has 0 amide bonds. The van der Waals surface area contributed by atoms with E-state index in [2.05, 4.69) is 25.3 Å². The van der Waals surface area contributed by atoms with E-state index in [0.29, 0.717) is 36.4 Å². The maximum atomic E-state index is 12.4. The molecule has 0 aliphatic rings. The van der Waals surface area contributed by atoms with E-state index in [1.807, 2.05) is 34.6 Å². The van der Waals surface area contributed by atoms with Gasteiger partial charge in [0.05, 0.1) is 10.6 Å². The number of aromatic nitrogens is 1. The Labute approximate surface area is 164 Å². The number of hydrogen-bond donors (Lipinski definition) is 3. The SMILES string of the molecule is CCNC(=NCc1nc(C)c(C)o1)NCCNS(=O)(=O)c1cc(C)sc1C. The second-order valence-electron chi connectivity index (χ2n) is 6.05. The standard InChI is InChI=1S/C17H27N5O3S2/c1-6-18-17(20-10-16-22-12(3)13(4)25-16)19-7-8-21-27(23,24)15-9-11(2)26-14(15)5/h9,21H,6-8,10H2,1-5H3,(H2,18,19,20). The van der Waals surface area contributed by atoms with E-state index in [1.165, 1.54) is 11.3 Å². The van der Waals surface area contributed by atoms with Gasteiger partial charge in [-0.15, -0.1) is 11.3 Å². The third-order valence-corrected chi connectivity index (χ3v) is 6.47. The van der Waals surface area contributed by atoms with Gasteiger partial charge in [0, 0.05) is 29.4 Å². The van der Waals surface area contributed by atoms with Gasteiger partial charge in [0.15, 0.2) is 5.96 Å². The molecule has 0 atom stereocenters. The van der Waals surface area contributed by atoms with Crippen molar-refractivity contribution in [2.24, 2.45) is 4.99 Å². The van der Waals surface area contributed by atoms with Crippen molar-refractivity contribution in [2.75, 3.05) is 19.6 Å². The molecular weight excluding hydrogens is 386 g/mol. The zero-order chi connectivity index (χ0) is 20.0. The average molecular weight is 414 g/mol. The van der Waals surface area contributed by atoms with Crippen LogP contribution in [-0.2, 0) is 16.6 Å². The number of aliphatic imine (C=N–C) groups is 1. The molecule has 10 heteroatoms. The molecule has 0 aliphatic heterocycles. The predicted molar refractivity (Wildman–Crippen MR) is 108 cm³/mol. The Morgan fingerprint density at radius 2 is 1.96 bits per heavy atom. The maximum absolute atomic E-state index is 12.4. The molecule has 0 spiro atoms. The summed E-state index contributed by atoms with van der Waals surface area (Å²) in [6, 6.07) is 1.70. The summed E-state index contributed by atoms with van der Waals surface area (Å²) in [6.45, 7) is 11.1. The van der Waals surface area contributed by atoms with E-state index < -0.39 is 10.0 Å². The van der Waals surface area contributed by atoms with Gasteiger partial charge in [0.1, 0.15) is 12.3 Å². The van der Waals surface area contributed by atoms with Gasteiger partial charge in [-0.05, 0) is 40.7 Å². The van der Waals surface area contributed by atoms with Gasteiger partial charge in [-0.1, -0.05) is 0 Å². The Morgan fingerprint density at radius 3 is 2.52 bits per heavy atom. The smallest absolute Gasteiger partial charge is 0.241 e. The molecule has 2 rings (SSSR count). The highest BCUT2D eigenvalue weighted by molar-refractivity contribution is 7.89. The molecule has 2 aromatic rings. The molecule has 0 fully saturated rings. The quantitative estimate of drug-likeness (QED) is 0.347. The molecular formula is C17H27N5O3S2. The van der Waals surface area contributed by atoms with E-state index in [9.17, 15) is 8.42 Å². The molecule has 2 aromatic heterocycles. The Morgan fingerprint density at radius 1 is 1.22 bits per heavy atom. The van der Waals surface area contributed by atoms with Crippen molar-refractivity contribution in [1.82, 2.24) is 20.3 Å². The molecule has 0 saturated heterocycles. The van der Waals surface area contributed by atoms with Gasteiger partial charge < -0.3 is 15.1 Å². The van der Waals surface area contributed by atoms with E-state index in [0.717, 1.165) is 21.2 Å². The maximum Gasteiger partial charge on any atom is 0.241 e. The summed E-state index contributed by atoms with van der Waals surface area (Å²) >= 11 is 1.48. The predicted octanol–water partition coefficient (Wildman–Crippen LogP) is 2.00. The number of aryl methyl sites for hydroxylation is 4. The molecule has 0 aliphatic carbocycles. The zero-order valence-corrected chi connectivity index (χ0v) is 18.0. The van der Waals surface area contributed by atoms with Gasteiger partial charge in [0.2, 0.25) is 15.9 Å². The van der Waals surface area contributed by atoms with E-state index in [-0.39, 0.29) is 6.54 Å². The number of rotatable bonds is 8. The van der Waals surface area contributed by atoms with Crippen LogP contribution in [0.1, 0.15) is 34.0 Å². The minimum Gasteiger partial charge on any atom is -0.444 e. The molecule has 150 valence electrons. The summed E-state index contributed by atoms with van der Waals surface area (Å²) < 4.78 is 32.9. The minimum absolute atomic E-state index is 0.248. The lowest BCUT2D eigenvalue weighted by molar-refractivity contribution is 0.473. The number of guanidine groups is 1. The number of oxazole rings is 1. The van der Waals surface area contributed by atoms with Crippen molar-refractivity contribution in [2.45, 2.75) is 46.1 Å². The number of nitrogens with zero attached hydrogens (tertiary/aromatic N) is 2. The van der Waals surface area contributed by atoms with Crippen LogP contribution in [0.15, 0.2) is 20.4 Å². The Hall–Kier alpha value is -1.91. The van der Waals surface area contributed by atoms with Crippen LogP contribution in [-0.4, -0.2) is 39.0 Å². The highest BCUT2D eigenvalue weighted by atomic mass is 32.2. The first-order valence-electron chi connectivity index (χ1n) is 8.74. The van der Waals surface area contributed by atoms with Crippen molar-refractivity contribution in [3.63, 3.8) is 0 Å². The second-order valence-corrected chi connectivity index (χ2v) is 9.24.